The molecule has 2 rings (SSSR count). The summed E-state index contributed by atoms with van der Waals surface area (Å²) in [4.78, 5) is 0. The van der Waals surface area contributed by atoms with Gasteiger partial charge in [0.25, 0.3) is 0 Å². The second kappa shape index (κ2) is 8.32. The average molecular weight is 408 g/mol. The molecule has 0 aromatic heterocycles. The van der Waals surface area contributed by atoms with E-state index in [4.69, 9.17) is 0 Å². The van der Waals surface area contributed by atoms with Crippen LogP contribution < -0.4 is 24.8 Å². The monoisotopic (exact) mass is 405 g/mol. The molecule has 0 saturated carbocycles. The van der Waals surface area contributed by atoms with Crippen molar-refractivity contribution in [2.45, 2.75) is 53.6 Å². The third kappa shape index (κ3) is 4.32. The van der Waals surface area contributed by atoms with E-state index in [1.807, 2.05) is 6.56 Å². The largest absolute Gasteiger partial charge is 1.00 e. The third-order valence-corrected chi connectivity index (χ3v) is 23.8. The van der Waals surface area contributed by atoms with Crippen LogP contribution in [0.4, 0.5) is 0 Å². The zero-order valence-corrected chi connectivity index (χ0v) is 18.5. The van der Waals surface area contributed by atoms with Gasteiger partial charge in [-0.2, -0.15) is 0 Å². The average Bonchev–Trinajstić information content (AvgIpc) is 2.71. The molecule has 0 unspecified atom stereocenters. The SMILES string of the molecule is CC1=CC(C)=[C]([Zr+2]([C]2=C(C)C=C(C)C2)[SiH](C)C)C1.[Cl-].[Cl-]. The fourth-order valence-electron chi connectivity index (χ4n) is 3.35. The fourth-order valence-corrected chi connectivity index (χ4v) is 24.6. The number of hydrogen-bond donors (Lipinski definition) is 0. The normalized spacial score (nSPS) is 17.9. The Balaban J connectivity index is 0.00000180. The molecule has 0 fully saturated rings. The summed E-state index contributed by atoms with van der Waals surface area (Å²) >= 11 is -1.47. The summed E-state index contributed by atoms with van der Waals surface area (Å²) in [5, 5.41) is 0. The molecule has 111 valence electrons. The van der Waals surface area contributed by atoms with Gasteiger partial charge in [0.2, 0.25) is 0 Å². The van der Waals surface area contributed by atoms with Crippen molar-refractivity contribution in [3.05, 3.63) is 41.0 Å². The Morgan fingerprint density at radius 3 is 1.35 bits per heavy atom. The van der Waals surface area contributed by atoms with Crippen molar-refractivity contribution < 1.29 is 45.7 Å². The van der Waals surface area contributed by atoms with Crippen LogP contribution in [-0.2, 0) is 20.9 Å². The van der Waals surface area contributed by atoms with Gasteiger partial charge >= 0.3 is 121 Å². The Morgan fingerprint density at radius 1 is 0.800 bits per heavy atom. The van der Waals surface area contributed by atoms with Crippen molar-refractivity contribution >= 4 is 5.92 Å². The maximum Gasteiger partial charge on any atom is -1.00 e. The summed E-state index contributed by atoms with van der Waals surface area (Å²) in [5.74, 6) is -0.509. The molecule has 0 atom stereocenters. The van der Waals surface area contributed by atoms with E-state index < -0.39 is 26.8 Å². The maximum absolute atomic E-state index is 2.59. The zero-order valence-electron chi connectivity index (χ0n) is 13.4. The van der Waals surface area contributed by atoms with Gasteiger partial charge in [-0.05, 0) is 0 Å². The smallest absolute Gasteiger partial charge is 1.00 e. The van der Waals surface area contributed by atoms with Gasteiger partial charge in [0.05, 0.1) is 0 Å². The van der Waals surface area contributed by atoms with Crippen LogP contribution in [0.5, 0.6) is 0 Å². The van der Waals surface area contributed by atoms with Gasteiger partial charge in [-0.25, -0.2) is 0 Å². The van der Waals surface area contributed by atoms with E-state index in [1.165, 1.54) is 12.8 Å². The van der Waals surface area contributed by atoms with Crippen molar-refractivity contribution in [3.63, 3.8) is 0 Å². The standard InChI is InChI=1S/2C7H9.C2H7Si.2ClH.Zr/c2*1-6-3-4-7(2)5-6;1-3-2;;;/h2*5H,3H2,1-2H3;3H,1-2H3;2*1H;/q;;;;;+2/p-2. The van der Waals surface area contributed by atoms with Crippen molar-refractivity contribution in [2.75, 3.05) is 0 Å². The summed E-state index contributed by atoms with van der Waals surface area (Å²) < 4.78 is 3.85. The fraction of sp³-hybridized carbons (Fsp3) is 0.500. The Morgan fingerprint density at radius 2 is 1.15 bits per heavy atom. The van der Waals surface area contributed by atoms with Crippen LogP contribution >= 0.6 is 0 Å². The van der Waals surface area contributed by atoms with Crippen LogP contribution in [0.25, 0.3) is 0 Å². The minimum absolute atomic E-state index is 0. The summed E-state index contributed by atoms with van der Waals surface area (Å²) in [6, 6.07) is 0. The van der Waals surface area contributed by atoms with Crippen molar-refractivity contribution in [1.82, 2.24) is 0 Å². The van der Waals surface area contributed by atoms with Crippen LogP contribution in [0.15, 0.2) is 41.0 Å². The summed E-state index contributed by atoms with van der Waals surface area (Å²) in [6.45, 7) is 14.5. The Labute approximate surface area is 145 Å². The van der Waals surface area contributed by atoms with Gasteiger partial charge in [0.15, 0.2) is 0 Å². The summed E-state index contributed by atoms with van der Waals surface area (Å²) in [7, 11) is 0. The molecule has 0 nitrogen and oxygen atoms in total. The predicted octanol–water partition coefficient (Wildman–Crippen LogP) is -1.16. The van der Waals surface area contributed by atoms with Crippen LogP contribution in [0.3, 0.4) is 0 Å². The molecule has 0 heterocycles. The molecule has 0 aliphatic heterocycles. The first-order valence-corrected chi connectivity index (χ1v) is 16.6. The maximum atomic E-state index is 2.59. The molecule has 0 spiro atoms. The van der Waals surface area contributed by atoms with E-state index in [-0.39, 0.29) is 24.8 Å². The van der Waals surface area contributed by atoms with Crippen LogP contribution in [0.2, 0.25) is 13.1 Å². The molecule has 20 heavy (non-hydrogen) atoms. The molecule has 0 aromatic rings. The minimum atomic E-state index is -1.47. The quantitative estimate of drug-likeness (QED) is 0.518. The first-order chi connectivity index (χ1) is 8.40. The molecular formula is C16H25Cl2SiZr. The van der Waals surface area contributed by atoms with Gasteiger partial charge in [0.1, 0.15) is 0 Å². The minimum Gasteiger partial charge on any atom is -1.00 e. The molecule has 0 saturated heterocycles. The predicted molar refractivity (Wildman–Crippen MR) is 81.0 cm³/mol. The van der Waals surface area contributed by atoms with Gasteiger partial charge in [-0.3, -0.25) is 0 Å². The van der Waals surface area contributed by atoms with Crippen molar-refractivity contribution in [2.24, 2.45) is 0 Å². The molecule has 0 bridgehead atoms. The topological polar surface area (TPSA) is 0 Å². The van der Waals surface area contributed by atoms with Gasteiger partial charge < -0.3 is 24.8 Å². The van der Waals surface area contributed by atoms with Crippen molar-refractivity contribution in [3.8, 4) is 0 Å². The van der Waals surface area contributed by atoms with Gasteiger partial charge in [0, 0.05) is 0 Å². The van der Waals surface area contributed by atoms with E-state index in [9.17, 15) is 0 Å². The Kier molecular flexibility index (Phi) is 8.59. The van der Waals surface area contributed by atoms with Crippen LogP contribution in [0.1, 0.15) is 40.5 Å². The molecule has 0 N–H and O–H groups in total. The molecule has 4 heteroatoms. The zero-order chi connectivity index (χ0) is 13.4. The van der Waals surface area contributed by atoms with E-state index in [1.54, 1.807) is 22.3 Å². The molecule has 0 amide bonds. The van der Waals surface area contributed by atoms with Crippen molar-refractivity contribution in [1.29, 1.82) is 0 Å². The van der Waals surface area contributed by atoms with E-state index in [2.05, 4.69) is 52.9 Å². The molecule has 2 aliphatic rings. The number of hydrogen-bond acceptors (Lipinski definition) is 0. The third-order valence-electron chi connectivity index (χ3n) is 4.02. The Hall–Kier alpha value is 0.640. The van der Waals surface area contributed by atoms with E-state index in [0.29, 0.717) is 0 Å². The van der Waals surface area contributed by atoms with Gasteiger partial charge in [-0.1, -0.05) is 0 Å². The second-order valence-corrected chi connectivity index (χ2v) is 25.5. The molecule has 0 aromatic carbocycles. The molecular weight excluding hydrogens is 382 g/mol. The van der Waals surface area contributed by atoms with E-state index >= 15 is 0 Å². The number of halogens is 2. The van der Waals surface area contributed by atoms with Crippen LogP contribution in [0, 0.1) is 0 Å². The molecule has 0 radical (unpaired) electrons. The number of rotatable bonds is 3. The first-order valence-electron chi connectivity index (χ1n) is 7.01. The number of allylic oxidation sites excluding steroid dienone is 8. The summed E-state index contributed by atoms with van der Waals surface area (Å²) in [6.07, 6.45) is 7.50. The summed E-state index contributed by atoms with van der Waals surface area (Å²) in [5.41, 5.74) is 6.45. The van der Waals surface area contributed by atoms with Crippen LogP contribution in [-0.4, -0.2) is 5.92 Å². The Bertz CT molecular complexity index is 457. The van der Waals surface area contributed by atoms with E-state index in [0.717, 1.165) is 0 Å². The van der Waals surface area contributed by atoms with Gasteiger partial charge in [-0.15, -0.1) is 0 Å². The second-order valence-electron chi connectivity index (χ2n) is 6.23. The first kappa shape index (κ1) is 20.6. The molecule has 2 aliphatic carbocycles.